The Hall–Kier alpha value is -0.900. The minimum absolute atomic E-state index is 0.153. The van der Waals surface area contributed by atoms with E-state index in [9.17, 15) is 9.18 Å². The number of hydrogen-bond acceptors (Lipinski definition) is 1. The molecule has 5 rings (SSSR count). The molecule has 4 heteroatoms. The summed E-state index contributed by atoms with van der Waals surface area (Å²) < 4.78 is 13.7. The number of amides is 1. The first kappa shape index (κ1) is 13.7. The fourth-order valence-corrected chi connectivity index (χ4v) is 5.61. The number of halogens is 2. The number of carbonyl (C=O) groups is 1. The summed E-state index contributed by atoms with van der Waals surface area (Å²) in [5, 5.41) is 3.03. The zero-order chi connectivity index (χ0) is 14.6. The highest BCUT2D eigenvalue weighted by molar-refractivity contribution is 9.10. The molecule has 2 nitrogen and oxygen atoms in total. The van der Waals surface area contributed by atoms with E-state index in [1.165, 1.54) is 25.3 Å². The Morgan fingerprint density at radius 2 is 1.71 bits per heavy atom. The van der Waals surface area contributed by atoms with Crippen LogP contribution in [0.1, 0.15) is 38.5 Å². The highest BCUT2D eigenvalue weighted by Gasteiger charge is 2.54. The molecule has 1 amide bonds. The molecule has 1 aromatic rings. The maximum absolute atomic E-state index is 13.3. The zero-order valence-corrected chi connectivity index (χ0v) is 13.5. The van der Waals surface area contributed by atoms with Crippen LogP contribution in [0.4, 0.5) is 10.1 Å². The molecule has 0 saturated heterocycles. The summed E-state index contributed by atoms with van der Waals surface area (Å²) >= 11 is 3.17. The largest absolute Gasteiger partial charge is 0.326 e. The van der Waals surface area contributed by atoms with Crippen molar-refractivity contribution in [2.75, 3.05) is 5.32 Å². The van der Waals surface area contributed by atoms with E-state index in [2.05, 4.69) is 21.2 Å². The molecule has 112 valence electrons. The van der Waals surface area contributed by atoms with Crippen molar-refractivity contribution in [2.24, 2.45) is 23.2 Å². The van der Waals surface area contributed by atoms with E-state index < -0.39 is 0 Å². The second-order valence-corrected chi connectivity index (χ2v) is 8.14. The maximum atomic E-state index is 13.3. The third-order valence-corrected chi connectivity index (χ3v) is 6.31. The Morgan fingerprint density at radius 1 is 1.14 bits per heavy atom. The monoisotopic (exact) mass is 351 g/mol. The van der Waals surface area contributed by atoms with Crippen LogP contribution in [0.2, 0.25) is 0 Å². The summed E-state index contributed by atoms with van der Waals surface area (Å²) in [7, 11) is 0. The van der Waals surface area contributed by atoms with E-state index in [1.54, 1.807) is 12.1 Å². The third kappa shape index (κ3) is 2.32. The first-order valence-electron chi connectivity index (χ1n) is 7.81. The summed E-state index contributed by atoms with van der Waals surface area (Å²) in [6.45, 7) is 0. The van der Waals surface area contributed by atoms with Crippen molar-refractivity contribution in [2.45, 2.75) is 38.5 Å². The Balaban J connectivity index is 1.56. The molecule has 0 spiro atoms. The summed E-state index contributed by atoms with van der Waals surface area (Å²) in [6, 6.07) is 4.67. The lowest BCUT2D eigenvalue weighted by Crippen LogP contribution is -2.51. The molecular formula is C17H19BrFNO. The van der Waals surface area contributed by atoms with Crippen molar-refractivity contribution in [3.05, 3.63) is 28.5 Å². The van der Waals surface area contributed by atoms with Crippen molar-refractivity contribution in [3.63, 3.8) is 0 Å². The van der Waals surface area contributed by atoms with Gasteiger partial charge in [0.25, 0.3) is 0 Å². The first-order valence-corrected chi connectivity index (χ1v) is 8.60. The van der Waals surface area contributed by atoms with Gasteiger partial charge in [0.15, 0.2) is 0 Å². The Bertz CT molecular complexity index is 565. The van der Waals surface area contributed by atoms with Gasteiger partial charge >= 0.3 is 0 Å². The van der Waals surface area contributed by atoms with Crippen molar-refractivity contribution < 1.29 is 9.18 Å². The van der Waals surface area contributed by atoms with E-state index in [1.807, 2.05) is 0 Å². The smallest absolute Gasteiger partial charge is 0.230 e. The van der Waals surface area contributed by atoms with Crippen LogP contribution in [0.15, 0.2) is 22.7 Å². The van der Waals surface area contributed by atoms with Gasteiger partial charge in [-0.15, -0.1) is 0 Å². The van der Waals surface area contributed by atoms with Gasteiger partial charge in [-0.25, -0.2) is 4.39 Å². The molecule has 0 aromatic heterocycles. The predicted molar refractivity (Wildman–Crippen MR) is 83.3 cm³/mol. The number of anilines is 1. The average Bonchev–Trinajstić information content (AvgIpc) is 2.41. The van der Waals surface area contributed by atoms with Gasteiger partial charge in [-0.3, -0.25) is 4.79 Å². The molecule has 4 fully saturated rings. The lowest BCUT2D eigenvalue weighted by Gasteiger charge is -2.55. The quantitative estimate of drug-likeness (QED) is 0.818. The molecule has 0 heterocycles. The van der Waals surface area contributed by atoms with Crippen LogP contribution in [0.5, 0.6) is 0 Å². The molecule has 1 aromatic carbocycles. The minimum atomic E-state index is -0.303. The summed E-state index contributed by atoms with van der Waals surface area (Å²) in [6.07, 6.45) is 7.13. The third-order valence-electron chi connectivity index (χ3n) is 5.70. The van der Waals surface area contributed by atoms with Gasteiger partial charge in [-0.1, -0.05) is 0 Å². The number of benzene rings is 1. The van der Waals surface area contributed by atoms with Crippen LogP contribution in [0.3, 0.4) is 0 Å². The van der Waals surface area contributed by atoms with Crippen LogP contribution < -0.4 is 5.32 Å². The lowest BCUT2D eigenvalue weighted by molar-refractivity contribution is -0.140. The molecular weight excluding hydrogens is 333 g/mol. The fraction of sp³-hybridized carbons (Fsp3) is 0.588. The number of carbonyl (C=O) groups excluding carboxylic acids is 1. The van der Waals surface area contributed by atoms with Gasteiger partial charge in [0, 0.05) is 5.69 Å². The van der Waals surface area contributed by atoms with Gasteiger partial charge in [0.05, 0.1) is 9.89 Å². The van der Waals surface area contributed by atoms with Crippen molar-refractivity contribution in [1.29, 1.82) is 0 Å². The van der Waals surface area contributed by atoms with Crippen LogP contribution in [0.25, 0.3) is 0 Å². The van der Waals surface area contributed by atoms with Gasteiger partial charge in [-0.05, 0) is 90.4 Å². The molecule has 4 aliphatic rings. The predicted octanol–water partition coefficient (Wildman–Crippen LogP) is 4.74. The Kier molecular flexibility index (Phi) is 3.14. The standard InChI is InChI=1S/C17H19BrFNO/c18-14-6-13(1-2-15(14)19)20-16(21)17-7-10-3-11(8-17)5-12(4-10)9-17/h1-2,6,10-12H,3-5,7-9H2,(H,20,21). The van der Waals surface area contributed by atoms with Crippen molar-refractivity contribution in [3.8, 4) is 0 Å². The molecule has 1 N–H and O–H groups in total. The maximum Gasteiger partial charge on any atom is 0.230 e. The summed E-state index contributed by atoms with van der Waals surface area (Å²) in [5.74, 6) is 2.11. The van der Waals surface area contributed by atoms with E-state index in [-0.39, 0.29) is 17.1 Å². The van der Waals surface area contributed by atoms with E-state index in [4.69, 9.17) is 0 Å². The fourth-order valence-electron chi connectivity index (χ4n) is 5.23. The van der Waals surface area contributed by atoms with Gasteiger partial charge in [-0.2, -0.15) is 0 Å². The van der Waals surface area contributed by atoms with E-state index in [0.717, 1.165) is 37.0 Å². The summed E-state index contributed by atoms with van der Waals surface area (Å²) in [5.41, 5.74) is 0.527. The molecule has 4 saturated carbocycles. The molecule has 0 radical (unpaired) electrons. The molecule has 0 unspecified atom stereocenters. The normalized spacial score (nSPS) is 36.8. The number of rotatable bonds is 2. The topological polar surface area (TPSA) is 29.1 Å². The van der Waals surface area contributed by atoms with Crippen LogP contribution in [-0.2, 0) is 4.79 Å². The highest BCUT2D eigenvalue weighted by Crippen LogP contribution is 2.60. The van der Waals surface area contributed by atoms with Crippen molar-refractivity contribution >= 4 is 27.5 Å². The highest BCUT2D eigenvalue weighted by atomic mass is 79.9. The van der Waals surface area contributed by atoms with Crippen LogP contribution >= 0.6 is 15.9 Å². The van der Waals surface area contributed by atoms with Gasteiger partial charge < -0.3 is 5.32 Å². The second kappa shape index (κ2) is 4.80. The Labute approximate surface area is 132 Å². The molecule has 21 heavy (non-hydrogen) atoms. The first-order chi connectivity index (χ1) is 10.0. The van der Waals surface area contributed by atoms with E-state index in [0.29, 0.717) is 10.2 Å². The minimum Gasteiger partial charge on any atom is -0.326 e. The molecule has 0 atom stereocenters. The molecule has 4 aliphatic carbocycles. The number of hydrogen-bond donors (Lipinski definition) is 1. The average molecular weight is 352 g/mol. The van der Waals surface area contributed by atoms with Crippen LogP contribution in [-0.4, -0.2) is 5.91 Å². The van der Waals surface area contributed by atoms with E-state index >= 15 is 0 Å². The summed E-state index contributed by atoms with van der Waals surface area (Å²) in [4.78, 5) is 12.8. The number of nitrogens with one attached hydrogen (secondary N) is 1. The molecule has 4 bridgehead atoms. The van der Waals surface area contributed by atoms with Gasteiger partial charge in [0.1, 0.15) is 5.82 Å². The SMILES string of the molecule is O=C(Nc1ccc(F)c(Br)c1)C12CC3CC(CC(C3)C1)C2. The second-order valence-electron chi connectivity index (χ2n) is 7.28. The van der Waals surface area contributed by atoms with Crippen LogP contribution in [0, 0.1) is 29.0 Å². The Morgan fingerprint density at radius 3 is 2.24 bits per heavy atom. The zero-order valence-electron chi connectivity index (χ0n) is 11.9. The molecule has 0 aliphatic heterocycles. The lowest BCUT2D eigenvalue weighted by atomic mass is 9.49. The van der Waals surface area contributed by atoms with Crippen molar-refractivity contribution in [1.82, 2.24) is 0 Å². The van der Waals surface area contributed by atoms with Gasteiger partial charge in [0.2, 0.25) is 5.91 Å².